The summed E-state index contributed by atoms with van der Waals surface area (Å²) in [6.07, 6.45) is 0. The highest BCUT2D eigenvalue weighted by molar-refractivity contribution is 5.98. The van der Waals surface area contributed by atoms with Crippen molar-refractivity contribution in [2.45, 2.75) is 13.0 Å². The minimum Gasteiger partial charge on any atom is -0.480 e. The lowest BCUT2D eigenvalue weighted by molar-refractivity contribution is -0.150. The van der Waals surface area contributed by atoms with Gasteiger partial charge in [-0.2, -0.15) is 0 Å². The van der Waals surface area contributed by atoms with E-state index in [1.165, 1.54) is 9.80 Å². The van der Waals surface area contributed by atoms with E-state index in [4.69, 9.17) is 10.8 Å². The zero-order chi connectivity index (χ0) is 19.3. The molecule has 1 saturated heterocycles. The predicted molar refractivity (Wildman–Crippen MR) is 92.2 cm³/mol. The van der Waals surface area contributed by atoms with Gasteiger partial charge in [-0.15, -0.1) is 0 Å². The second kappa shape index (κ2) is 8.43. The number of carboxylic acids is 1. The molecule has 1 unspecified atom stereocenters. The summed E-state index contributed by atoms with van der Waals surface area (Å²) in [5, 5.41) is 11.3. The summed E-state index contributed by atoms with van der Waals surface area (Å²) >= 11 is 0. The largest absolute Gasteiger partial charge is 0.480 e. The number of carboxylic acid groups (broad SMARTS) is 1. The fourth-order valence-corrected chi connectivity index (χ4v) is 2.72. The van der Waals surface area contributed by atoms with Crippen LogP contribution in [0.25, 0.3) is 0 Å². The number of aliphatic carboxylic acids is 1. The van der Waals surface area contributed by atoms with E-state index in [-0.39, 0.29) is 38.8 Å². The molecule has 0 aromatic heterocycles. The van der Waals surface area contributed by atoms with Crippen molar-refractivity contribution in [3.8, 4) is 0 Å². The number of piperazine rings is 1. The smallest absolute Gasteiger partial charge is 0.323 e. The van der Waals surface area contributed by atoms with Gasteiger partial charge in [-0.05, 0) is 18.6 Å². The molecule has 140 valence electrons. The van der Waals surface area contributed by atoms with E-state index in [9.17, 15) is 19.2 Å². The summed E-state index contributed by atoms with van der Waals surface area (Å²) in [4.78, 5) is 49.6. The minimum atomic E-state index is -1.10. The molecule has 0 aliphatic carbocycles. The Kier molecular flexibility index (Phi) is 6.29. The van der Waals surface area contributed by atoms with Gasteiger partial charge < -0.3 is 26.0 Å². The van der Waals surface area contributed by atoms with Crippen molar-refractivity contribution in [1.82, 2.24) is 15.1 Å². The Morgan fingerprint density at radius 2 is 1.96 bits per heavy atom. The molecule has 1 aromatic rings. The van der Waals surface area contributed by atoms with Gasteiger partial charge >= 0.3 is 5.97 Å². The van der Waals surface area contributed by atoms with E-state index in [0.29, 0.717) is 11.1 Å². The Morgan fingerprint density at radius 1 is 1.27 bits per heavy atom. The Balaban J connectivity index is 1.90. The number of amides is 3. The normalized spacial score (nSPS) is 15.5. The molecule has 9 heteroatoms. The maximum atomic E-state index is 12.3. The molecule has 4 N–H and O–H groups in total. The van der Waals surface area contributed by atoms with E-state index in [0.717, 1.165) is 0 Å². The lowest BCUT2D eigenvalue weighted by atomic mass is 10.0. The first kappa shape index (κ1) is 19.4. The van der Waals surface area contributed by atoms with Crippen molar-refractivity contribution in [1.29, 1.82) is 0 Å². The van der Waals surface area contributed by atoms with Gasteiger partial charge in [-0.1, -0.05) is 18.2 Å². The van der Waals surface area contributed by atoms with Gasteiger partial charge in [0.25, 0.3) is 5.91 Å². The molecule has 2 rings (SSSR count). The second-order valence-corrected chi connectivity index (χ2v) is 6.08. The van der Waals surface area contributed by atoms with Crippen molar-refractivity contribution in [2.75, 3.05) is 32.7 Å². The number of benzene rings is 1. The number of nitrogens with one attached hydrogen (secondary N) is 1. The van der Waals surface area contributed by atoms with Gasteiger partial charge in [0.15, 0.2) is 0 Å². The number of carbonyl (C=O) groups excluding carboxylic acids is 3. The van der Waals surface area contributed by atoms with Crippen LogP contribution in [0.2, 0.25) is 0 Å². The maximum absolute atomic E-state index is 12.3. The zero-order valence-electron chi connectivity index (χ0n) is 14.5. The molecule has 1 aliphatic heterocycles. The molecule has 3 amide bonds. The van der Waals surface area contributed by atoms with Crippen molar-refractivity contribution in [3.63, 3.8) is 0 Å². The van der Waals surface area contributed by atoms with Crippen LogP contribution in [-0.2, 0) is 14.4 Å². The van der Waals surface area contributed by atoms with Crippen LogP contribution in [0.4, 0.5) is 0 Å². The standard InChI is InChI=1S/C17H22N4O5/c1-11(18)12-4-2-3-5-13(12)17(26)19-8-14(22)20-6-7-21(10-16(24)25)15(23)9-20/h2-5,11H,6-10,18H2,1H3,(H,19,26)(H,24,25). The van der Waals surface area contributed by atoms with Gasteiger partial charge in [0.05, 0.1) is 13.1 Å². The quantitative estimate of drug-likeness (QED) is 0.606. The molecule has 1 aromatic carbocycles. The first-order chi connectivity index (χ1) is 12.3. The minimum absolute atomic E-state index is 0.151. The molecule has 0 saturated carbocycles. The average molecular weight is 362 g/mol. The maximum Gasteiger partial charge on any atom is 0.323 e. The third-order valence-corrected chi connectivity index (χ3v) is 4.09. The molecule has 0 spiro atoms. The molecule has 0 bridgehead atoms. The lowest BCUT2D eigenvalue weighted by Gasteiger charge is -2.33. The predicted octanol–water partition coefficient (Wildman–Crippen LogP) is -0.808. The van der Waals surface area contributed by atoms with Gasteiger partial charge in [-0.3, -0.25) is 19.2 Å². The Labute approximate surface area is 150 Å². The Bertz CT molecular complexity index is 719. The third kappa shape index (κ3) is 4.79. The summed E-state index contributed by atoms with van der Waals surface area (Å²) in [6, 6.07) is 6.55. The van der Waals surface area contributed by atoms with Crippen LogP contribution in [-0.4, -0.2) is 71.3 Å². The number of nitrogens with zero attached hydrogens (tertiary/aromatic N) is 2. The lowest BCUT2D eigenvalue weighted by Crippen LogP contribution is -2.55. The fraction of sp³-hybridized carbons (Fsp3) is 0.412. The molecule has 1 fully saturated rings. The summed E-state index contributed by atoms with van der Waals surface area (Å²) in [7, 11) is 0. The highest BCUT2D eigenvalue weighted by Crippen LogP contribution is 2.15. The van der Waals surface area contributed by atoms with Crippen molar-refractivity contribution in [2.24, 2.45) is 5.73 Å². The van der Waals surface area contributed by atoms with E-state index >= 15 is 0 Å². The number of nitrogens with two attached hydrogens (primary N) is 1. The highest BCUT2D eigenvalue weighted by atomic mass is 16.4. The monoisotopic (exact) mass is 362 g/mol. The van der Waals surface area contributed by atoms with Crippen molar-refractivity contribution in [3.05, 3.63) is 35.4 Å². The van der Waals surface area contributed by atoms with E-state index in [1.807, 2.05) is 0 Å². The van der Waals surface area contributed by atoms with Gasteiger partial charge in [0.1, 0.15) is 6.54 Å². The van der Waals surface area contributed by atoms with Crippen LogP contribution >= 0.6 is 0 Å². The van der Waals surface area contributed by atoms with E-state index < -0.39 is 23.7 Å². The first-order valence-electron chi connectivity index (χ1n) is 8.19. The number of hydrogen-bond donors (Lipinski definition) is 3. The average Bonchev–Trinajstić information content (AvgIpc) is 2.60. The van der Waals surface area contributed by atoms with Crippen LogP contribution in [0.5, 0.6) is 0 Å². The molecule has 26 heavy (non-hydrogen) atoms. The fourth-order valence-electron chi connectivity index (χ4n) is 2.72. The molecule has 9 nitrogen and oxygen atoms in total. The van der Waals surface area contributed by atoms with Crippen LogP contribution in [0.3, 0.4) is 0 Å². The van der Waals surface area contributed by atoms with Crippen LogP contribution < -0.4 is 11.1 Å². The topological polar surface area (TPSA) is 133 Å². The van der Waals surface area contributed by atoms with Crippen LogP contribution in [0.15, 0.2) is 24.3 Å². The first-order valence-corrected chi connectivity index (χ1v) is 8.19. The van der Waals surface area contributed by atoms with Gasteiger partial charge in [0.2, 0.25) is 11.8 Å². The molecular weight excluding hydrogens is 340 g/mol. The second-order valence-electron chi connectivity index (χ2n) is 6.08. The van der Waals surface area contributed by atoms with Crippen molar-refractivity contribution >= 4 is 23.7 Å². The SMILES string of the molecule is CC(N)c1ccccc1C(=O)NCC(=O)N1CCN(CC(=O)O)C(=O)C1. The third-order valence-electron chi connectivity index (χ3n) is 4.09. The molecular formula is C17H22N4O5. The van der Waals surface area contributed by atoms with Crippen molar-refractivity contribution < 1.29 is 24.3 Å². The molecule has 0 radical (unpaired) electrons. The van der Waals surface area contributed by atoms with Gasteiger partial charge in [-0.25, -0.2) is 0 Å². The summed E-state index contributed by atoms with van der Waals surface area (Å²) in [5.74, 6) is -2.35. The molecule has 1 aliphatic rings. The van der Waals surface area contributed by atoms with Gasteiger partial charge in [0, 0.05) is 24.7 Å². The number of rotatable bonds is 6. The van der Waals surface area contributed by atoms with Crippen LogP contribution in [0.1, 0.15) is 28.9 Å². The molecule has 1 heterocycles. The zero-order valence-corrected chi connectivity index (χ0v) is 14.5. The summed E-state index contributed by atoms with van der Waals surface area (Å²) < 4.78 is 0. The Hall–Kier alpha value is -2.94. The van der Waals surface area contributed by atoms with E-state index in [1.54, 1.807) is 31.2 Å². The number of hydrogen-bond acceptors (Lipinski definition) is 5. The highest BCUT2D eigenvalue weighted by Gasteiger charge is 2.28. The Morgan fingerprint density at radius 3 is 2.58 bits per heavy atom. The van der Waals surface area contributed by atoms with Crippen LogP contribution in [0, 0.1) is 0 Å². The summed E-state index contributed by atoms with van der Waals surface area (Å²) in [5.41, 5.74) is 6.93. The van der Waals surface area contributed by atoms with E-state index in [2.05, 4.69) is 5.32 Å². The molecule has 1 atom stereocenters. The summed E-state index contributed by atoms with van der Waals surface area (Å²) in [6.45, 7) is 1.31. The number of carbonyl (C=O) groups is 4.